The number of anilines is 1. The number of aryl methyl sites for hydroxylation is 2. The van der Waals surface area contributed by atoms with Crippen LogP contribution in [0.25, 0.3) is 0 Å². The molecule has 0 saturated heterocycles. The van der Waals surface area contributed by atoms with Crippen molar-refractivity contribution in [1.82, 2.24) is 9.78 Å². The van der Waals surface area contributed by atoms with Crippen LogP contribution in [0.2, 0.25) is 0 Å². The summed E-state index contributed by atoms with van der Waals surface area (Å²) in [5.74, 6) is 0. The zero-order valence-corrected chi connectivity index (χ0v) is 10.6. The zero-order chi connectivity index (χ0) is 12.8. The van der Waals surface area contributed by atoms with Gasteiger partial charge >= 0.3 is 0 Å². The van der Waals surface area contributed by atoms with Gasteiger partial charge in [-0.05, 0) is 30.5 Å². The van der Waals surface area contributed by atoms with Gasteiger partial charge in [0.05, 0.1) is 6.20 Å². The molecule has 1 heterocycles. The van der Waals surface area contributed by atoms with Crippen LogP contribution in [0.1, 0.15) is 17.5 Å². The van der Waals surface area contributed by atoms with Crippen molar-refractivity contribution in [1.29, 1.82) is 0 Å². The van der Waals surface area contributed by atoms with Crippen LogP contribution in [-0.4, -0.2) is 21.5 Å². The molecule has 2 rings (SSSR count). The second-order valence-electron chi connectivity index (χ2n) is 4.40. The summed E-state index contributed by atoms with van der Waals surface area (Å²) in [5.41, 5.74) is 3.52. The molecule has 18 heavy (non-hydrogen) atoms. The number of hydrogen-bond acceptors (Lipinski definition) is 3. The lowest BCUT2D eigenvalue weighted by Gasteiger charge is -2.07. The molecule has 0 aliphatic heterocycles. The summed E-state index contributed by atoms with van der Waals surface area (Å²) in [6.07, 6.45) is 5.59. The molecule has 0 bridgehead atoms. The molecule has 2 N–H and O–H groups in total. The van der Waals surface area contributed by atoms with Crippen molar-refractivity contribution in [3.05, 3.63) is 47.8 Å². The maximum Gasteiger partial charge on any atom is 0.0539 e. The number of benzene rings is 1. The minimum Gasteiger partial charge on any atom is -0.396 e. The van der Waals surface area contributed by atoms with Crippen LogP contribution in [0.5, 0.6) is 0 Å². The molecule has 0 fully saturated rings. The summed E-state index contributed by atoms with van der Waals surface area (Å²) in [6.45, 7) is 1.02. The molecule has 0 saturated carbocycles. The average Bonchev–Trinajstić information content (AvgIpc) is 2.80. The summed E-state index contributed by atoms with van der Waals surface area (Å²) < 4.78 is 1.80. The highest BCUT2D eigenvalue weighted by atomic mass is 16.2. The van der Waals surface area contributed by atoms with Gasteiger partial charge in [-0.2, -0.15) is 5.10 Å². The third-order valence-corrected chi connectivity index (χ3v) is 2.81. The molecule has 2 aromatic rings. The Labute approximate surface area is 107 Å². The Kier molecular flexibility index (Phi) is 4.36. The van der Waals surface area contributed by atoms with Gasteiger partial charge in [-0.3, -0.25) is 4.68 Å². The lowest BCUT2D eigenvalue weighted by Crippen LogP contribution is -1.99. The number of aromatic nitrogens is 2. The highest BCUT2D eigenvalue weighted by molar-refractivity contribution is 5.46. The lowest BCUT2D eigenvalue weighted by atomic mass is 10.1. The standard InChI is InChI=1S/C14H19N3O/c1-17-11-13(10-16-17)9-15-14-6-2-4-12(8-14)5-3-7-18/h2,4,6,8,10-11,15,18H,3,5,7,9H2,1H3. The fourth-order valence-corrected chi connectivity index (χ4v) is 1.89. The largest absolute Gasteiger partial charge is 0.396 e. The number of aliphatic hydroxyl groups is 1. The Morgan fingerprint density at radius 1 is 1.33 bits per heavy atom. The molecule has 0 atom stereocenters. The molecular formula is C14H19N3O. The Bertz CT molecular complexity index is 493. The van der Waals surface area contributed by atoms with Gasteiger partial charge in [0.2, 0.25) is 0 Å². The van der Waals surface area contributed by atoms with Gasteiger partial charge in [-0.25, -0.2) is 0 Å². The van der Waals surface area contributed by atoms with Crippen LogP contribution in [0.15, 0.2) is 36.7 Å². The van der Waals surface area contributed by atoms with Crippen molar-refractivity contribution in [2.45, 2.75) is 19.4 Å². The Balaban J connectivity index is 1.92. The van der Waals surface area contributed by atoms with Gasteiger partial charge in [-0.1, -0.05) is 12.1 Å². The lowest BCUT2D eigenvalue weighted by molar-refractivity contribution is 0.288. The highest BCUT2D eigenvalue weighted by Gasteiger charge is 1.98. The van der Waals surface area contributed by atoms with Gasteiger partial charge in [-0.15, -0.1) is 0 Å². The summed E-state index contributed by atoms with van der Waals surface area (Å²) >= 11 is 0. The highest BCUT2D eigenvalue weighted by Crippen LogP contribution is 2.13. The molecule has 0 spiro atoms. The molecule has 0 unspecified atom stereocenters. The Morgan fingerprint density at radius 2 is 2.22 bits per heavy atom. The molecular weight excluding hydrogens is 226 g/mol. The van der Waals surface area contributed by atoms with E-state index in [0.717, 1.165) is 25.1 Å². The van der Waals surface area contributed by atoms with Crippen molar-refractivity contribution in [3.8, 4) is 0 Å². The van der Waals surface area contributed by atoms with Crippen molar-refractivity contribution in [2.75, 3.05) is 11.9 Å². The first-order valence-electron chi connectivity index (χ1n) is 6.19. The predicted octanol–water partition coefficient (Wildman–Crippen LogP) is 1.96. The van der Waals surface area contributed by atoms with Gasteiger partial charge in [0.1, 0.15) is 0 Å². The first-order valence-corrected chi connectivity index (χ1v) is 6.19. The van der Waals surface area contributed by atoms with Crippen molar-refractivity contribution in [3.63, 3.8) is 0 Å². The van der Waals surface area contributed by atoms with Crippen LogP contribution in [0.3, 0.4) is 0 Å². The summed E-state index contributed by atoms with van der Waals surface area (Å²) in [7, 11) is 1.92. The van der Waals surface area contributed by atoms with E-state index in [0.29, 0.717) is 0 Å². The normalized spacial score (nSPS) is 10.6. The second kappa shape index (κ2) is 6.21. The molecule has 0 aliphatic rings. The maximum absolute atomic E-state index is 8.83. The first-order chi connectivity index (χ1) is 8.78. The molecule has 0 radical (unpaired) electrons. The van der Waals surface area contributed by atoms with Crippen LogP contribution in [-0.2, 0) is 20.0 Å². The van der Waals surface area contributed by atoms with E-state index in [1.165, 1.54) is 11.1 Å². The number of rotatable bonds is 6. The van der Waals surface area contributed by atoms with Crippen molar-refractivity contribution < 1.29 is 5.11 Å². The number of hydrogen-bond donors (Lipinski definition) is 2. The Hall–Kier alpha value is -1.81. The predicted molar refractivity (Wildman–Crippen MR) is 72.4 cm³/mol. The van der Waals surface area contributed by atoms with E-state index in [-0.39, 0.29) is 6.61 Å². The quantitative estimate of drug-likeness (QED) is 0.818. The van der Waals surface area contributed by atoms with Crippen LogP contribution >= 0.6 is 0 Å². The molecule has 96 valence electrons. The SMILES string of the molecule is Cn1cc(CNc2cccc(CCCO)c2)cn1. The fraction of sp³-hybridized carbons (Fsp3) is 0.357. The molecule has 4 heteroatoms. The summed E-state index contributed by atoms with van der Waals surface area (Å²) in [4.78, 5) is 0. The summed E-state index contributed by atoms with van der Waals surface area (Å²) in [6, 6.07) is 8.31. The molecule has 0 amide bonds. The topological polar surface area (TPSA) is 50.1 Å². The number of aliphatic hydroxyl groups excluding tert-OH is 1. The molecule has 4 nitrogen and oxygen atoms in total. The van der Waals surface area contributed by atoms with Crippen LogP contribution in [0.4, 0.5) is 5.69 Å². The fourth-order valence-electron chi connectivity index (χ4n) is 1.89. The first kappa shape index (κ1) is 12.6. The van der Waals surface area contributed by atoms with E-state index in [2.05, 4.69) is 28.6 Å². The number of nitrogens with one attached hydrogen (secondary N) is 1. The van der Waals surface area contributed by atoms with E-state index in [1.54, 1.807) is 4.68 Å². The average molecular weight is 245 g/mol. The molecule has 1 aromatic heterocycles. The Morgan fingerprint density at radius 3 is 2.94 bits per heavy atom. The smallest absolute Gasteiger partial charge is 0.0539 e. The number of nitrogens with zero attached hydrogens (tertiary/aromatic N) is 2. The molecule has 0 aliphatic carbocycles. The van der Waals surface area contributed by atoms with Gasteiger partial charge < -0.3 is 10.4 Å². The maximum atomic E-state index is 8.83. The monoisotopic (exact) mass is 245 g/mol. The second-order valence-corrected chi connectivity index (χ2v) is 4.40. The van der Waals surface area contributed by atoms with E-state index < -0.39 is 0 Å². The van der Waals surface area contributed by atoms with E-state index in [4.69, 9.17) is 5.11 Å². The van der Waals surface area contributed by atoms with Gasteiger partial charge in [0.15, 0.2) is 0 Å². The third kappa shape index (κ3) is 3.60. The van der Waals surface area contributed by atoms with E-state index >= 15 is 0 Å². The molecule has 1 aromatic carbocycles. The van der Waals surface area contributed by atoms with Crippen LogP contribution in [0, 0.1) is 0 Å². The minimum atomic E-state index is 0.243. The van der Waals surface area contributed by atoms with Crippen molar-refractivity contribution >= 4 is 5.69 Å². The summed E-state index contributed by atoms with van der Waals surface area (Å²) in [5, 5.41) is 16.3. The minimum absolute atomic E-state index is 0.243. The zero-order valence-electron chi connectivity index (χ0n) is 10.6. The van der Waals surface area contributed by atoms with Gasteiger partial charge in [0.25, 0.3) is 0 Å². The van der Waals surface area contributed by atoms with Crippen LogP contribution < -0.4 is 5.32 Å². The van der Waals surface area contributed by atoms with Gasteiger partial charge in [0, 0.05) is 37.6 Å². The van der Waals surface area contributed by atoms with E-state index in [9.17, 15) is 0 Å². The van der Waals surface area contributed by atoms with E-state index in [1.807, 2.05) is 25.5 Å². The third-order valence-electron chi connectivity index (χ3n) is 2.81. The van der Waals surface area contributed by atoms with Crippen molar-refractivity contribution in [2.24, 2.45) is 7.05 Å².